The summed E-state index contributed by atoms with van der Waals surface area (Å²) in [5.41, 5.74) is 4.87. The maximum absolute atomic E-state index is 12.8. The molecule has 1 aliphatic heterocycles. The normalized spacial score (nSPS) is 21.4. The number of imidazole rings is 1. The monoisotopic (exact) mass is 714 g/mol. The van der Waals surface area contributed by atoms with Gasteiger partial charge in [-0.1, -0.05) is 67.6 Å². The Morgan fingerprint density at radius 2 is 1.66 bits per heavy atom. The van der Waals surface area contributed by atoms with E-state index in [-0.39, 0.29) is 18.0 Å². The maximum atomic E-state index is 12.8. The summed E-state index contributed by atoms with van der Waals surface area (Å²) < 4.78 is 1.84. The minimum Gasteiger partial charge on any atom is -0.388 e. The second kappa shape index (κ2) is 15.0. The van der Waals surface area contributed by atoms with E-state index in [1.54, 1.807) is 37.1 Å². The fourth-order valence-electron chi connectivity index (χ4n) is 7.38. The first-order valence-corrected chi connectivity index (χ1v) is 18.0. The number of aromatic nitrogens is 8. The molecule has 0 unspecified atom stereocenters. The Morgan fingerprint density at radius 1 is 0.943 bits per heavy atom. The first-order chi connectivity index (χ1) is 25.9. The molecule has 15 heteroatoms. The van der Waals surface area contributed by atoms with Gasteiger partial charge in [-0.25, -0.2) is 9.78 Å². The van der Waals surface area contributed by atoms with Crippen LogP contribution >= 0.6 is 0 Å². The van der Waals surface area contributed by atoms with Gasteiger partial charge in [-0.2, -0.15) is 25.0 Å². The molecule has 8 rings (SSSR count). The molecule has 53 heavy (non-hydrogen) atoms. The predicted octanol–water partition coefficient (Wildman–Crippen LogP) is 3.93. The zero-order chi connectivity index (χ0) is 36.3. The third kappa shape index (κ3) is 7.12. The van der Waals surface area contributed by atoms with Gasteiger partial charge in [-0.05, 0) is 42.5 Å². The third-order valence-electron chi connectivity index (χ3n) is 10.2. The van der Waals surface area contributed by atoms with Gasteiger partial charge < -0.3 is 35.6 Å². The van der Waals surface area contributed by atoms with Gasteiger partial charge >= 0.3 is 6.03 Å². The number of aliphatic hydroxyl groups excluding tert-OH is 2. The van der Waals surface area contributed by atoms with Gasteiger partial charge in [0.2, 0.25) is 5.95 Å². The molecule has 15 nitrogen and oxygen atoms in total. The molecule has 1 saturated carbocycles. The Labute approximate surface area is 306 Å². The summed E-state index contributed by atoms with van der Waals surface area (Å²) in [6, 6.07) is 22.6. The van der Waals surface area contributed by atoms with Crippen LogP contribution in [0.3, 0.4) is 0 Å². The standard InChI is InChI=1S/C38H42N12O3/c1-2-26-20-42-50(47-26)31-19-30(33(51)34(31)52)49-23-41-32-35(40-21-29(24-9-5-3-6-10-24)25-11-7-4-8-12-25)45-37(46-36(32)49)48-18-15-28(22-48)44-38(53)43-27-13-16-39-17-14-27/h3-14,16-17,20,23,28-31,33-34,51-52H,2,15,18-19,21-22H2,1H3,(H,40,45,46)(H2,39,43,44,53)/t28-,30+,31-,33-,34+/m0/s1. The number of fused-ring (bicyclic) bond motifs is 1. The summed E-state index contributed by atoms with van der Waals surface area (Å²) in [5.74, 6) is 1.05. The SMILES string of the molecule is CCc1cnn([C@H]2C[C@@H](n3cnc4c(NCC(c5ccccc5)c5ccccc5)nc(N5CC[C@H](NC(=O)Nc6ccncc6)C5)nc43)[C@H](O)[C@@H]2O)n1. The lowest BCUT2D eigenvalue weighted by Gasteiger charge is -2.22. The minimum absolute atomic E-state index is 0.0226. The van der Waals surface area contributed by atoms with Gasteiger partial charge in [0, 0.05) is 49.7 Å². The Hall–Kier alpha value is -5.93. The van der Waals surface area contributed by atoms with Crippen LogP contribution in [0.4, 0.5) is 22.2 Å². The first-order valence-electron chi connectivity index (χ1n) is 18.0. The highest BCUT2D eigenvalue weighted by molar-refractivity contribution is 5.89. The number of aliphatic hydroxyl groups is 2. The zero-order valence-corrected chi connectivity index (χ0v) is 29.3. The van der Waals surface area contributed by atoms with E-state index < -0.39 is 24.3 Å². The van der Waals surface area contributed by atoms with Gasteiger partial charge in [0.05, 0.1) is 24.3 Å². The van der Waals surface area contributed by atoms with Crippen molar-refractivity contribution in [3.63, 3.8) is 0 Å². The van der Waals surface area contributed by atoms with Crippen LogP contribution in [-0.4, -0.2) is 93.6 Å². The average Bonchev–Trinajstić information content (AvgIpc) is 4.00. The van der Waals surface area contributed by atoms with Crippen molar-refractivity contribution in [2.24, 2.45) is 0 Å². The van der Waals surface area contributed by atoms with Crippen LogP contribution < -0.4 is 20.9 Å². The summed E-state index contributed by atoms with van der Waals surface area (Å²) in [4.78, 5) is 35.2. The lowest BCUT2D eigenvalue weighted by Crippen LogP contribution is -2.40. The fourth-order valence-corrected chi connectivity index (χ4v) is 7.38. The van der Waals surface area contributed by atoms with Crippen LogP contribution in [0, 0.1) is 0 Å². The van der Waals surface area contributed by atoms with E-state index in [0.29, 0.717) is 67.5 Å². The topological polar surface area (TPSA) is 184 Å². The Balaban J connectivity index is 1.10. The highest BCUT2D eigenvalue weighted by atomic mass is 16.3. The summed E-state index contributed by atoms with van der Waals surface area (Å²) >= 11 is 0. The van der Waals surface area contributed by atoms with Gasteiger partial charge in [0.15, 0.2) is 17.0 Å². The van der Waals surface area contributed by atoms with E-state index in [1.165, 1.54) is 4.80 Å². The summed E-state index contributed by atoms with van der Waals surface area (Å²) in [5, 5.41) is 41.0. The average molecular weight is 715 g/mol. The number of benzene rings is 2. The molecule has 1 aliphatic carbocycles. The minimum atomic E-state index is -1.11. The van der Waals surface area contributed by atoms with Crippen molar-refractivity contribution in [2.75, 3.05) is 35.2 Å². The van der Waals surface area contributed by atoms with Crippen molar-refractivity contribution in [3.8, 4) is 0 Å². The Kier molecular flexibility index (Phi) is 9.65. The van der Waals surface area contributed by atoms with Gasteiger partial charge in [0.1, 0.15) is 18.2 Å². The second-order valence-corrected chi connectivity index (χ2v) is 13.6. The van der Waals surface area contributed by atoms with E-state index in [4.69, 9.17) is 15.0 Å². The highest BCUT2D eigenvalue weighted by Gasteiger charge is 2.45. The molecule has 6 aromatic rings. The molecule has 5 heterocycles. The van der Waals surface area contributed by atoms with Crippen LogP contribution in [0.2, 0.25) is 0 Å². The number of hydrogen-bond donors (Lipinski definition) is 5. The predicted molar refractivity (Wildman–Crippen MR) is 200 cm³/mol. The molecule has 1 saturated heterocycles. The van der Waals surface area contributed by atoms with Gasteiger partial charge in [-0.3, -0.25) is 4.98 Å². The molecule has 0 bridgehead atoms. The quantitative estimate of drug-likeness (QED) is 0.131. The van der Waals surface area contributed by atoms with Crippen LogP contribution in [0.5, 0.6) is 0 Å². The van der Waals surface area contributed by atoms with Crippen LogP contribution in [0.1, 0.15) is 54.6 Å². The molecule has 0 spiro atoms. The number of carbonyl (C=O) groups is 1. The lowest BCUT2D eigenvalue weighted by atomic mass is 9.91. The molecule has 5 N–H and O–H groups in total. The Bertz CT molecular complexity index is 2110. The van der Waals surface area contributed by atoms with E-state index >= 15 is 0 Å². The Morgan fingerprint density at radius 3 is 2.36 bits per heavy atom. The van der Waals surface area contributed by atoms with Crippen LogP contribution in [0.15, 0.2) is 97.7 Å². The van der Waals surface area contributed by atoms with E-state index in [2.05, 4.69) is 55.4 Å². The number of amides is 2. The van der Waals surface area contributed by atoms with Crippen molar-refractivity contribution in [3.05, 3.63) is 115 Å². The number of urea groups is 1. The molecule has 2 aliphatic rings. The smallest absolute Gasteiger partial charge is 0.319 e. The van der Waals surface area contributed by atoms with Crippen molar-refractivity contribution in [1.82, 2.24) is 44.8 Å². The first kappa shape index (κ1) is 34.2. The summed E-state index contributed by atoms with van der Waals surface area (Å²) in [6.07, 6.45) is 6.20. The number of rotatable bonds is 11. The molecule has 2 aromatic carbocycles. The van der Waals surface area contributed by atoms with Crippen molar-refractivity contribution in [1.29, 1.82) is 0 Å². The van der Waals surface area contributed by atoms with Crippen LogP contribution in [-0.2, 0) is 6.42 Å². The van der Waals surface area contributed by atoms with Crippen molar-refractivity contribution in [2.45, 2.75) is 62.4 Å². The van der Waals surface area contributed by atoms with Gasteiger partial charge in [0.25, 0.3) is 0 Å². The molecule has 4 aromatic heterocycles. The number of nitrogens with zero attached hydrogens (tertiary/aromatic N) is 9. The number of pyridine rings is 1. The molecule has 5 atom stereocenters. The largest absolute Gasteiger partial charge is 0.388 e. The number of hydrogen-bond acceptors (Lipinski definition) is 11. The van der Waals surface area contributed by atoms with Crippen molar-refractivity contribution >= 4 is 34.6 Å². The second-order valence-electron chi connectivity index (χ2n) is 13.6. The number of nitrogens with one attached hydrogen (secondary N) is 3. The fraction of sp³-hybridized carbons (Fsp3) is 0.342. The lowest BCUT2D eigenvalue weighted by molar-refractivity contribution is 0.00497. The molecule has 272 valence electrons. The molecule has 0 radical (unpaired) electrons. The molecular formula is C38H42N12O3. The van der Waals surface area contributed by atoms with Crippen molar-refractivity contribution < 1.29 is 15.0 Å². The number of aryl methyl sites for hydroxylation is 1. The number of carbonyl (C=O) groups excluding carboxylic acids is 1. The molecule has 2 amide bonds. The summed E-state index contributed by atoms with van der Waals surface area (Å²) in [7, 11) is 0. The van der Waals surface area contributed by atoms with E-state index in [9.17, 15) is 15.0 Å². The van der Waals surface area contributed by atoms with E-state index in [0.717, 1.165) is 16.8 Å². The highest BCUT2D eigenvalue weighted by Crippen LogP contribution is 2.40. The van der Waals surface area contributed by atoms with Crippen LogP contribution in [0.25, 0.3) is 11.2 Å². The number of anilines is 3. The zero-order valence-electron chi connectivity index (χ0n) is 29.3. The maximum Gasteiger partial charge on any atom is 0.319 e. The van der Waals surface area contributed by atoms with E-state index in [1.807, 2.05) is 52.8 Å². The van der Waals surface area contributed by atoms with Gasteiger partial charge in [-0.15, -0.1) is 0 Å². The molecular weight excluding hydrogens is 672 g/mol. The molecule has 2 fully saturated rings. The third-order valence-corrected chi connectivity index (χ3v) is 10.2. The summed E-state index contributed by atoms with van der Waals surface area (Å²) in [6.45, 7) is 3.64.